The molecule has 0 aromatic heterocycles. The van der Waals surface area contributed by atoms with E-state index in [1.807, 2.05) is 0 Å². The Hall–Kier alpha value is -4.35. The zero-order chi connectivity index (χ0) is 23.8. The molecular weight excluding hydrogens is 448 g/mol. The standard InChI is InChI=1S/C24H17ClN2O6/c1-31-23-13-16(12-18(14-26)17-7-9-19(25)10-8-17)6-11-22(23)33-24(28)15-32-21-5-3-2-4-20(21)27(29)30/h2-13H,15H2,1H3. The van der Waals surface area contributed by atoms with Crippen molar-refractivity contribution in [1.29, 1.82) is 5.26 Å². The molecule has 0 aliphatic rings. The maximum absolute atomic E-state index is 12.2. The Morgan fingerprint density at radius 1 is 1.09 bits per heavy atom. The predicted molar refractivity (Wildman–Crippen MR) is 122 cm³/mol. The number of carbonyl (C=O) groups is 1. The molecule has 0 unspecified atom stereocenters. The molecule has 0 amide bonds. The summed E-state index contributed by atoms with van der Waals surface area (Å²) in [4.78, 5) is 22.7. The second kappa shape index (κ2) is 10.8. The molecule has 0 aliphatic heterocycles. The number of nitrogens with zero attached hydrogens (tertiary/aromatic N) is 2. The van der Waals surface area contributed by atoms with E-state index in [1.54, 1.807) is 48.5 Å². The van der Waals surface area contributed by atoms with Crippen molar-refractivity contribution >= 4 is 34.9 Å². The van der Waals surface area contributed by atoms with Gasteiger partial charge in [0.05, 0.1) is 23.7 Å². The topological polar surface area (TPSA) is 112 Å². The first-order valence-electron chi connectivity index (χ1n) is 9.54. The van der Waals surface area contributed by atoms with Crippen LogP contribution in [0, 0.1) is 21.4 Å². The number of carbonyl (C=O) groups excluding carboxylic acids is 1. The van der Waals surface area contributed by atoms with Crippen LogP contribution in [0.15, 0.2) is 66.7 Å². The van der Waals surface area contributed by atoms with Gasteiger partial charge in [0.25, 0.3) is 0 Å². The number of nitro benzene ring substituents is 1. The van der Waals surface area contributed by atoms with E-state index in [0.29, 0.717) is 21.7 Å². The van der Waals surface area contributed by atoms with Crippen LogP contribution in [0.2, 0.25) is 5.02 Å². The van der Waals surface area contributed by atoms with Gasteiger partial charge in [0.2, 0.25) is 0 Å². The number of methoxy groups -OCH3 is 1. The summed E-state index contributed by atoms with van der Waals surface area (Å²) in [6.07, 6.45) is 1.66. The summed E-state index contributed by atoms with van der Waals surface area (Å²) < 4.78 is 15.8. The molecule has 9 heteroatoms. The summed E-state index contributed by atoms with van der Waals surface area (Å²) >= 11 is 5.90. The molecule has 0 radical (unpaired) electrons. The number of rotatable bonds is 8. The van der Waals surface area contributed by atoms with Crippen LogP contribution in [0.25, 0.3) is 11.6 Å². The summed E-state index contributed by atoms with van der Waals surface area (Å²) in [5.74, 6) is -0.418. The molecule has 0 aliphatic carbocycles. The van der Waals surface area contributed by atoms with Gasteiger partial charge in [-0.05, 0) is 47.5 Å². The van der Waals surface area contributed by atoms with Crippen LogP contribution in [0.3, 0.4) is 0 Å². The number of hydrogen-bond donors (Lipinski definition) is 0. The number of nitriles is 1. The third-order valence-electron chi connectivity index (χ3n) is 4.41. The summed E-state index contributed by atoms with van der Waals surface area (Å²) in [5, 5.41) is 21.1. The first kappa shape index (κ1) is 23.3. The van der Waals surface area contributed by atoms with Crippen molar-refractivity contribution in [3.8, 4) is 23.3 Å². The molecule has 8 nitrogen and oxygen atoms in total. The molecule has 0 heterocycles. The van der Waals surface area contributed by atoms with Gasteiger partial charge in [-0.3, -0.25) is 10.1 Å². The molecule has 0 spiro atoms. The first-order valence-corrected chi connectivity index (χ1v) is 9.91. The van der Waals surface area contributed by atoms with Crippen molar-refractivity contribution < 1.29 is 23.9 Å². The van der Waals surface area contributed by atoms with Gasteiger partial charge in [0.1, 0.15) is 0 Å². The summed E-state index contributed by atoms with van der Waals surface area (Å²) in [5.41, 5.74) is 1.50. The Morgan fingerprint density at radius 2 is 1.82 bits per heavy atom. The van der Waals surface area contributed by atoms with Crippen molar-refractivity contribution in [3.05, 3.63) is 93.0 Å². The molecule has 33 heavy (non-hydrogen) atoms. The van der Waals surface area contributed by atoms with Crippen molar-refractivity contribution in [2.45, 2.75) is 0 Å². The van der Waals surface area contributed by atoms with Gasteiger partial charge in [-0.25, -0.2) is 4.79 Å². The third kappa shape index (κ3) is 6.09. The molecule has 0 saturated carbocycles. The highest BCUT2D eigenvalue weighted by Gasteiger charge is 2.17. The number of para-hydroxylation sites is 2. The molecule has 3 rings (SSSR count). The van der Waals surface area contributed by atoms with E-state index >= 15 is 0 Å². The smallest absolute Gasteiger partial charge is 0.349 e. The molecule has 0 N–H and O–H groups in total. The molecular formula is C24H17ClN2O6. The lowest BCUT2D eigenvalue weighted by Gasteiger charge is -2.11. The molecule has 0 bridgehead atoms. The third-order valence-corrected chi connectivity index (χ3v) is 4.66. The number of nitro groups is 1. The Balaban J connectivity index is 1.73. The minimum Gasteiger partial charge on any atom is -0.493 e. The number of halogens is 1. The van der Waals surface area contributed by atoms with E-state index < -0.39 is 17.5 Å². The maximum atomic E-state index is 12.2. The fraction of sp³-hybridized carbons (Fsp3) is 0.0833. The lowest BCUT2D eigenvalue weighted by molar-refractivity contribution is -0.385. The second-order valence-electron chi connectivity index (χ2n) is 6.57. The Morgan fingerprint density at radius 3 is 2.48 bits per heavy atom. The highest BCUT2D eigenvalue weighted by molar-refractivity contribution is 6.30. The summed E-state index contributed by atoms with van der Waals surface area (Å²) in [7, 11) is 1.41. The number of esters is 1. The fourth-order valence-corrected chi connectivity index (χ4v) is 2.98. The van der Waals surface area contributed by atoms with Crippen LogP contribution in [-0.2, 0) is 4.79 Å². The Kier molecular flexibility index (Phi) is 7.63. The van der Waals surface area contributed by atoms with Crippen LogP contribution in [0.5, 0.6) is 17.2 Å². The average Bonchev–Trinajstić information content (AvgIpc) is 2.82. The number of benzene rings is 3. The zero-order valence-electron chi connectivity index (χ0n) is 17.4. The summed E-state index contributed by atoms with van der Waals surface area (Å²) in [6, 6.07) is 19.5. The SMILES string of the molecule is COc1cc(C=C(C#N)c2ccc(Cl)cc2)ccc1OC(=O)COc1ccccc1[N+](=O)[O-]. The van der Waals surface area contributed by atoms with Crippen LogP contribution in [-0.4, -0.2) is 24.6 Å². The van der Waals surface area contributed by atoms with E-state index in [-0.39, 0.29) is 22.9 Å². The predicted octanol–water partition coefficient (Wildman–Crippen LogP) is 5.31. The Bertz CT molecular complexity index is 1250. The van der Waals surface area contributed by atoms with E-state index in [1.165, 1.54) is 31.4 Å². The van der Waals surface area contributed by atoms with E-state index in [0.717, 1.165) is 0 Å². The molecule has 3 aromatic rings. The van der Waals surface area contributed by atoms with Crippen molar-refractivity contribution in [3.63, 3.8) is 0 Å². The Labute approximate surface area is 194 Å². The number of hydrogen-bond acceptors (Lipinski definition) is 7. The van der Waals surface area contributed by atoms with Gasteiger partial charge in [-0.2, -0.15) is 5.26 Å². The van der Waals surface area contributed by atoms with Crippen molar-refractivity contribution in [1.82, 2.24) is 0 Å². The fourth-order valence-electron chi connectivity index (χ4n) is 2.85. The number of allylic oxidation sites excluding steroid dienone is 1. The highest BCUT2D eigenvalue weighted by atomic mass is 35.5. The molecule has 166 valence electrons. The maximum Gasteiger partial charge on any atom is 0.349 e. The molecule has 0 saturated heterocycles. The van der Waals surface area contributed by atoms with Gasteiger partial charge in [0.15, 0.2) is 23.9 Å². The van der Waals surface area contributed by atoms with Gasteiger partial charge in [-0.1, -0.05) is 41.9 Å². The normalized spacial score (nSPS) is 10.8. The van der Waals surface area contributed by atoms with Gasteiger partial charge in [-0.15, -0.1) is 0 Å². The highest BCUT2D eigenvalue weighted by Crippen LogP contribution is 2.31. The summed E-state index contributed by atoms with van der Waals surface area (Å²) in [6.45, 7) is -0.537. The van der Waals surface area contributed by atoms with Gasteiger partial charge in [0, 0.05) is 11.1 Å². The quantitative estimate of drug-likeness (QED) is 0.111. The minimum atomic E-state index is -0.770. The largest absolute Gasteiger partial charge is 0.493 e. The van der Waals surface area contributed by atoms with Crippen LogP contribution < -0.4 is 14.2 Å². The first-order chi connectivity index (χ1) is 15.9. The van der Waals surface area contributed by atoms with Crippen molar-refractivity contribution in [2.24, 2.45) is 0 Å². The van der Waals surface area contributed by atoms with Crippen LogP contribution >= 0.6 is 11.6 Å². The molecule has 3 aromatic carbocycles. The van der Waals surface area contributed by atoms with Gasteiger partial charge < -0.3 is 14.2 Å². The van der Waals surface area contributed by atoms with Crippen LogP contribution in [0.1, 0.15) is 11.1 Å². The van der Waals surface area contributed by atoms with E-state index in [9.17, 15) is 20.2 Å². The van der Waals surface area contributed by atoms with E-state index in [2.05, 4.69) is 6.07 Å². The second-order valence-corrected chi connectivity index (χ2v) is 7.01. The molecule has 0 atom stereocenters. The molecule has 0 fully saturated rings. The van der Waals surface area contributed by atoms with Crippen LogP contribution in [0.4, 0.5) is 5.69 Å². The van der Waals surface area contributed by atoms with E-state index in [4.69, 9.17) is 25.8 Å². The lowest BCUT2D eigenvalue weighted by atomic mass is 10.0. The zero-order valence-corrected chi connectivity index (χ0v) is 18.1. The average molecular weight is 465 g/mol. The van der Waals surface area contributed by atoms with Gasteiger partial charge >= 0.3 is 11.7 Å². The van der Waals surface area contributed by atoms with Crippen molar-refractivity contribution in [2.75, 3.05) is 13.7 Å². The monoisotopic (exact) mass is 464 g/mol. The minimum absolute atomic E-state index is 0.0434. The number of ether oxygens (including phenoxy) is 3. The lowest BCUT2D eigenvalue weighted by Crippen LogP contribution is -2.18.